The van der Waals surface area contributed by atoms with Gasteiger partial charge in [-0.2, -0.15) is 0 Å². The normalized spacial score (nSPS) is 13.9. The van der Waals surface area contributed by atoms with Crippen LogP contribution in [0.5, 0.6) is 0 Å². The lowest BCUT2D eigenvalue weighted by Crippen LogP contribution is -2.18. The highest BCUT2D eigenvalue weighted by Crippen LogP contribution is 2.28. The van der Waals surface area contributed by atoms with Crippen molar-refractivity contribution < 1.29 is 9.59 Å². The van der Waals surface area contributed by atoms with Gasteiger partial charge in [-0.15, -0.1) is 0 Å². The molecule has 0 saturated heterocycles. The number of nitrogens with zero attached hydrogens (tertiary/aromatic N) is 1. The van der Waals surface area contributed by atoms with Crippen LogP contribution < -0.4 is 0 Å². The molecule has 1 aromatic carbocycles. The summed E-state index contributed by atoms with van der Waals surface area (Å²) in [7, 11) is 0. The fourth-order valence-corrected chi connectivity index (χ4v) is 3.07. The predicted molar refractivity (Wildman–Crippen MR) is 91.7 cm³/mol. The molecule has 2 aromatic rings. The minimum Gasteiger partial charge on any atom is -0.347 e. The van der Waals surface area contributed by atoms with Gasteiger partial charge in [-0.25, -0.2) is 0 Å². The molecule has 3 nitrogen and oxygen atoms in total. The van der Waals surface area contributed by atoms with E-state index in [-0.39, 0.29) is 11.6 Å². The van der Waals surface area contributed by atoms with Gasteiger partial charge in [0, 0.05) is 23.9 Å². The number of unbranched alkanes of at least 4 members (excludes halogenated alkanes) is 3. The van der Waals surface area contributed by atoms with Gasteiger partial charge in [0.15, 0.2) is 11.6 Å². The van der Waals surface area contributed by atoms with Crippen LogP contribution in [0.3, 0.4) is 0 Å². The van der Waals surface area contributed by atoms with Crippen LogP contribution in [0, 0.1) is 0 Å². The fourth-order valence-electron chi connectivity index (χ4n) is 3.07. The zero-order valence-corrected chi connectivity index (χ0v) is 13.4. The van der Waals surface area contributed by atoms with E-state index in [0.29, 0.717) is 16.7 Å². The van der Waals surface area contributed by atoms with Crippen LogP contribution in [0.4, 0.5) is 0 Å². The number of aryl methyl sites for hydroxylation is 1. The van der Waals surface area contributed by atoms with E-state index in [2.05, 4.69) is 11.5 Å². The van der Waals surface area contributed by atoms with Crippen LogP contribution in [0.2, 0.25) is 0 Å². The Kier molecular flexibility index (Phi) is 4.56. The average molecular weight is 307 g/mol. The topological polar surface area (TPSA) is 39.1 Å². The van der Waals surface area contributed by atoms with Crippen molar-refractivity contribution in [3.63, 3.8) is 0 Å². The van der Waals surface area contributed by atoms with E-state index in [4.69, 9.17) is 0 Å². The minimum atomic E-state index is -0.0890. The number of hydrogen-bond acceptors (Lipinski definition) is 2. The summed E-state index contributed by atoms with van der Waals surface area (Å²) in [6.07, 6.45) is 8.17. The summed E-state index contributed by atoms with van der Waals surface area (Å²) in [6, 6.07) is 10.9. The standard InChI is InChI=1S/C20H21NO2/c1-2-3-4-7-12-21-13-8-11-18(21)17-14-19(22)15-9-5-6-10-16(15)20(17)23/h5-6,8-11,13-14H,2-4,7,12H2,1H3. The molecule has 23 heavy (non-hydrogen) atoms. The van der Waals surface area contributed by atoms with Crippen molar-refractivity contribution in [1.29, 1.82) is 0 Å². The van der Waals surface area contributed by atoms with Crippen LogP contribution in [0.15, 0.2) is 48.7 Å². The number of ketones is 2. The Labute approximate surface area is 136 Å². The number of fused-ring (bicyclic) bond motifs is 1. The summed E-state index contributed by atoms with van der Waals surface area (Å²) in [4.78, 5) is 25.1. The van der Waals surface area contributed by atoms with E-state index in [0.717, 1.165) is 18.7 Å². The van der Waals surface area contributed by atoms with Crippen molar-refractivity contribution in [3.05, 3.63) is 65.5 Å². The number of carbonyl (C=O) groups is 2. The molecule has 3 heteroatoms. The van der Waals surface area contributed by atoms with Gasteiger partial charge in [-0.05, 0) is 24.6 Å². The summed E-state index contributed by atoms with van der Waals surface area (Å²) >= 11 is 0. The molecule has 0 fully saturated rings. The van der Waals surface area contributed by atoms with Gasteiger partial charge in [0.05, 0.1) is 11.3 Å². The number of aromatic nitrogens is 1. The molecule has 0 amide bonds. The molecule has 0 radical (unpaired) electrons. The molecule has 0 spiro atoms. The van der Waals surface area contributed by atoms with Crippen molar-refractivity contribution in [2.75, 3.05) is 0 Å². The second-order valence-electron chi connectivity index (χ2n) is 5.94. The quantitative estimate of drug-likeness (QED) is 0.735. The number of carbonyl (C=O) groups excluding carboxylic acids is 2. The van der Waals surface area contributed by atoms with Crippen molar-refractivity contribution in [1.82, 2.24) is 4.57 Å². The highest BCUT2D eigenvalue weighted by Gasteiger charge is 2.27. The second kappa shape index (κ2) is 6.78. The molecular weight excluding hydrogens is 286 g/mol. The Bertz CT molecular complexity index is 767. The first-order valence-corrected chi connectivity index (χ1v) is 8.27. The summed E-state index contributed by atoms with van der Waals surface area (Å²) in [6.45, 7) is 3.07. The van der Waals surface area contributed by atoms with Gasteiger partial charge in [0.1, 0.15) is 0 Å². The summed E-state index contributed by atoms with van der Waals surface area (Å²) in [5, 5.41) is 0. The Morgan fingerprint density at radius 2 is 1.70 bits per heavy atom. The zero-order chi connectivity index (χ0) is 16.2. The Hall–Kier alpha value is -2.42. The Morgan fingerprint density at radius 3 is 2.48 bits per heavy atom. The molecule has 1 aromatic heterocycles. The average Bonchev–Trinajstić information content (AvgIpc) is 3.03. The second-order valence-corrected chi connectivity index (χ2v) is 5.94. The van der Waals surface area contributed by atoms with Crippen LogP contribution >= 0.6 is 0 Å². The molecule has 0 aliphatic heterocycles. The molecular formula is C20H21NO2. The minimum absolute atomic E-state index is 0.0614. The molecule has 0 atom stereocenters. The van der Waals surface area contributed by atoms with Crippen LogP contribution in [-0.2, 0) is 6.54 Å². The highest BCUT2D eigenvalue weighted by atomic mass is 16.1. The van der Waals surface area contributed by atoms with Gasteiger partial charge in [0.25, 0.3) is 0 Å². The summed E-state index contributed by atoms with van der Waals surface area (Å²) in [5.74, 6) is -0.150. The van der Waals surface area contributed by atoms with E-state index in [1.165, 1.54) is 25.3 Å². The third kappa shape index (κ3) is 3.04. The first kappa shape index (κ1) is 15.5. The van der Waals surface area contributed by atoms with Gasteiger partial charge < -0.3 is 4.57 Å². The van der Waals surface area contributed by atoms with Crippen LogP contribution in [-0.4, -0.2) is 16.1 Å². The molecule has 3 rings (SSSR count). The maximum atomic E-state index is 12.8. The van der Waals surface area contributed by atoms with Crippen molar-refractivity contribution in [2.24, 2.45) is 0 Å². The van der Waals surface area contributed by atoms with Crippen molar-refractivity contribution >= 4 is 17.1 Å². The van der Waals surface area contributed by atoms with E-state index in [1.807, 2.05) is 18.3 Å². The van der Waals surface area contributed by atoms with Gasteiger partial charge in [-0.3, -0.25) is 9.59 Å². The third-order valence-corrected chi connectivity index (χ3v) is 4.32. The van der Waals surface area contributed by atoms with Gasteiger partial charge in [-0.1, -0.05) is 50.5 Å². The Morgan fingerprint density at radius 1 is 0.913 bits per heavy atom. The maximum Gasteiger partial charge on any atom is 0.196 e. The predicted octanol–water partition coefficient (Wildman–Crippen LogP) is 4.53. The van der Waals surface area contributed by atoms with Crippen molar-refractivity contribution in [2.45, 2.75) is 39.2 Å². The van der Waals surface area contributed by atoms with E-state index < -0.39 is 0 Å². The van der Waals surface area contributed by atoms with Crippen molar-refractivity contribution in [3.8, 4) is 0 Å². The number of rotatable bonds is 6. The SMILES string of the molecule is CCCCCCn1cccc1C1=CC(=O)c2ccccc2C1=O. The first-order chi connectivity index (χ1) is 11.2. The molecule has 1 aliphatic rings. The van der Waals surface area contributed by atoms with E-state index >= 15 is 0 Å². The monoisotopic (exact) mass is 307 g/mol. The molecule has 0 N–H and O–H groups in total. The van der Waals surface area contributed by atoms with Crippen LogP contribution in [0.1, 0.15) is 59.0 Å². The molecule has 0 saturated carbocycles. The van der Waals surface area contributed by atoms with E-state index in [9.17, 15) is 9.59 Å². The molecule has 118 valence electrons. The van der Waals surface area contributed by atoms with Gasteiger partial charge in [0.2, 0.25) is 0 Å². The molecule has 0 unspecified atom stereocenters. The fraction of sp³-hybridized carbons (Fsp3) is 0.300. The smallest absolute Gasteiger partial charge is 0.196 e. The lowest BCUT2D eigenvalue weighted by atomic mass is 9.88. The Balaban J connectivity index is 1.87. The summed E-state index contributed by atoms with van der Waals surface area (Å²) < 4.78 is 2.08. The third-order valence-electron chi connectivity index (χ3n) is 4.32. The first-order valence-electron chi connectivity index (χ1n) is 8.27. The molecule has 0 bridgehead atoms. The van der Waals surface area contributed by atoms with E-state index in [1.54, 1.807) is 24.3 Å². The number of hydrogen-bond donors (Lipinski definition) is 0. The van der Waals surface area contributed by atoms with Crippen LogP contribution in [0.25, 0.3) is 5.57 Å². The number of Topliss-reactive ketones (excluding diaryl/α,β-unsaturated/α-hetero) is 1. The lowest BCUT2D eigenvalue weighted by Gasteiger charge is -2.17. The van der Waals surface area contributed by atoms with Gasteiger partial charge >= 0.3 is 0 Å². The summed E-state index contributed by atoms with van der Waals surface area (Å²) in [5.41, 5.74) is 2.36. The largest absolute Gasteiger partial charge is 0.347 e. The zero-order valence-electron chi connectivity index (χ0n) is 13.4. The number of allylic oxidation sites excluding steroid dienone is 2. The molecule has 1 heterocycles. The lowest BCUT2D eigenvalue weighted by molar-refractivity contribution is 0.100. The molecule has 1 aliphatic carbocycles. The maximum absolute atomic E-state index is 12.8. The number of benzene rings is 1. The highest BCUT2D eigenvalue weighted by molar-refractivity contribution is 6.38.